The number of nitrogens with one attached hydrogen (secondary N) is 1. The number of hydrogen-bond acceptors (Lipinski definition) is 4. The Bertz CT molecular complexity index is 1100. The van der Waals surface area contributed by atoms with E-state index in [1.54, 1.807) is 29.3 Å². The van der Waals surface area contributed by atoms with Crippen LogP contribution in [0, 0.1) is 5.82 Å². The van der Waals surface area contributed by atoms with E-state index < -0.39 is 0 Å². The molecule has 0 radical (unpaired) electrons. The number of nitrogens with zero attached hydrogens (tertiary/aromatic N) is 6. The summed E-state index contributed by atoms with van der Waals surface area (Å²) in [6.45, 7) is 2.14. The van der Waals surface area contributed by atoms with Crippen LogP contribution < -0.4 is 0 Å². The van der Waals surface area contributed by atoms with Gasteiger partial charge in [-0.3, -0.25) is 9.58 Å². The maximum Gasteiger partial charge on any atom is 0.123 e. The number of rotatable bonds is 4. The molecule has 1 aromatic carbocycles. The maximum absolute atomic E-state index is 14.0. The van der Waals surface area contributed by atoms with Gasteiger partial charge in [0.25, 0.3) is 0 Å². The smallest absolute Gasteiger partial charge is 0.123 e. The van der Waals surface area contributed by atoms with Crippen LogP contribution in [0.15, 0.2) is 55.4 Å². The number of aromatic nitrogens is 6. The number of aromatic amines is 1. The lowest BCUT2D eigenvalue weighted by Crippen LogP contribution is -2.34. The molecule has 1 atom stereocenters. The van der Waals surface area contributed by atoms with Crippen LogP contribution in [-0.2, 0) is 20.1 Å². The average Bonchev–Trinajstić information content (AvgIpc) is 3.42. The molecule has 7 nitrogen and oxygen atoms in total. The number of aryl methyl sites for hydroxylation is 1. The molecule has 0 saturated heterocycles. The fourth-order valence-electron chi connectivity index (χ4n) is 3.95. The van der Waals surface area contributed by atoms with Gasteiger partial charge in [0.2, 0.25) is 0 Å². The SMILES string of the molecule is Cn1cc(C2CN(Cc3cc(F)ccc3-n3cccn3)Cc3[nH]cnc32)cn1. The van der Waals surface area contributed by atoms with Gasteiger partial charge in [-0.1, -0.05) is 0 Å². The molecule has 28 heavy (non-hydrogen) atoms. The van der Waals surface area contributed by atoms with E-state index in [1.807, 2.05) is 36.4 Å². The molecule has 0 fully saturated rings. The van der Waals surface area contributed by atoms with Crippen LogP contribution in [0.25, 0.3) is 5.69 Å². The summed E-state index contributed by atoms with van der Waals surface area (Å²) in [6.07, 6.45) is 9.27. The Labute approximate surface area is 161 Å². The van der Waals surface area contributed by atoms with Crippen LogP contribution in [0.2, 0.25) is 0 Å². The van der Waals surface area contributed by atoms with Gasteiger partial charge in [0.15, 0.2) is 0 Å². The first-order valence-corrected chi connectivity index (χ1v) is 9.19. The topological polar surface area (TPSA) is 67.6 Å². The van der Waals surface area contributed by atoms with Crippen molar-refractivity contribution < 1.29 is 4.39 Å². The van der Waals surface area contributed by atoms with Gasteiger partial charge in [-0.05, 0) is 29.8 Å². The lowest BCUT2D eigenvalue weighted by atomic mass is 9.93. The quantitative estimate of drug-likeness (QED) is 0.594. The Balaban J connectivity index is 1.48. The van der Waals surface area contributed by atoms with E-state index in [9.17, 15) is 4.39 Å². The molecule has 0 aliphatic carbocycles. The van der Waals surface area contributed by atoms with E-state index in [0.29, 0.717) is 6.54 Å². The van der Waals surface area contributed by atoms with Crippen LogP contribution in [0.4, 0.5) is 4.39 Å². The Morgan fingerprint density at radius 1 is 1.29 bits per heavy atom. The zero-order valence-corrected chi connectivity index (χ0v) is 15.5. The van der Waals surface area contributed by atoms with E-state index in [4.69, 9.17) is 0 Å². The number of fused-ring (bicyclic) bond motifs is 1. The molecule has 0 saturated carbocycles. The number of H-pyrrole nitrogens is 1. The van der Waals surface area contributed by atoms with Gasteiger partial charge in [-0.15, -0.1) is 0 Å². The normalized spacial score (nSPS) is 17.0. The molecule has 1 aliphatic heterocycles. The van der Waals surface area contributed by atoms with E-state index >= 15 is 0 Å². The summed E-state index contributed by atoms with van der Waals surface area (Å²) in [5.74, 6) is -0.112. The lowest BCUT2D eigenvalue weighted by molar-refractivity contribution is 0.227. The summed E-state index contributed by atoms with van der Waals surface area (Å²) in [5.41, 5.74) is 5.08. The van der Waals surface area contributed by atoms with Crippen LogP contribution in [-0.4, -0.2) is 41.0 Å². The first kappa shape index (κ1) is 16.9. The van der Waals surface area contributed by atoms with Crippen molar-refractivity contribution in [3.05, 3.63) is 83.7 Å². The second-order valence-electron chi connectivity index (χ2n) is 7.16. The van der Waals surface area contributed by atoms with Crippen molar-refractivity contribution >= 4 is 0 Å². The minimum absolute atomic E-state index is 0.130. The highest BCUT2D eigenvalue weighted by Crippen LogP contribution is 2.32. The van der Waals surface area contributed by atoms with Crippen molar-refractivity contribution in [2.24, 2.45) is 7.05 Å². The summed E-state index contributed by atoms with van der Waals surface area (Å²) in [4.78, 5) is 10.1. The summed E-state index contributed by atoms with van der Waals surface area (Å²) in [7, 11) is 1.92. The number of benzene rings is 1. The first-order valence-electron chi connectivity index (χ1n) is 9.19. The van der Waals surface area contributed by atoms with Crippen LogP contribution in [0.1, 0.15) is 28.4 Å². The van der Waals surface area contributed by atoms with Crippen molar-refractivity contribution in [2.45, 2.75) is 19.0 Å². The zero-order valence-electron chi connectivity index (χ0n) is 15.5. The second-order valence-corrected chi connectivity index (χ2v) is 7.16. The van der Waals surface area contributed by atoms with E-state index in [0.717, 1.165) is 41.3 Å². The standard InChI is InChI=1S/C20H20FN7/c1-26-9-15(8-25-26)17-11-27(12-18-20(17)23-13-22-18)10-14-7-16(21)3-4-19(14)28-6-2-5-24-28/h2-9,13,17H,10-12H2,1H3,(H,22,23). The van der Waals surface area contributed by atoms with Gasteiger partial charge in [-0.25, -0.2) is 14.1 Å². The molecule has 1 aliphatic rings. The molecule has 142 valence electrons. The van der Waals surface area contributed by atoms with Gasteiger partial charge >= 0.3 is 0 Å². The highest BCUT2D eigenvalue weighted by molar-refractivity contribution is 5.41. The maximum atomic E-state index is 14.0. The Hall–Kier alpha value is -3.26. The van der Waals surface area contributed by atoms with Crippen molar-refractivity contribution in [1.82, 2.24) is 34.4 Å². The van der Waals surface area contributed by atoms with Crippen molar-refractivity contribution in [2.75, 3.05) is 6.54 Å². The number of imidazole rings is 1. The Morgan fingerprint density at radius 2 is 2.21 bits per heavy atom. The van der Waals surface area contributed by atoms with Gasteiger partial charge in [-0.2, -0.15) is 10.2 Å². The van der Waals surface area contributed by atoms with Gasteiger partial charge < -0.3 is 4.98 Å². The highest BCUT2D eigenvalue weighted by Gasteiger charge is 2.30. The second kappa shape index (κ2) is 6.72. The van der Waals surface area contributed by atoms with Crippen LogP contribution >= 0.6 is 0 Å². The molecule has 5 rings (SSSR count). The van der Waals surface area contributed by atoms with Gasteiger partial charge in [0.05, 0.1) is 29.6 Å². The molecular weight excluding hydrogens is 357 g/mol. The molecule has 0 spiro atoms. The van der Waals surface area contributed by atoms with Gasteiger partial charge in [0, 0.05) is 56.8 Å². The average molecular weight is 377 g/mol. The number of halogens is 1. The molecule has 3 aromatic heterocycles. The molecule has 4 aromatic rings. The minimum atomic E-state index is -0.242. The lowest BCUT2D eigenvalue weighted by Gasteiger charge is -2.32. The predicted octanol–water partition coefficient (Wildman–Crippen LogP) is 2.62. The summed E-state index contributed by atoms with van der Waals surface area (Å²) in [6, 6.07) is 6.71. The Morgan fingerprint density at radius 3 is 3.00 bits per heavy atom. The predicted molar refractivity (Wildman–Crippen MR) is 101 cm³/mol. The largest absolute Gasteiger partial charge is 0.347 e. The molecule has 4 heterocycles. The highest BCUT2D eigenvalue weighted by atomic mass is 19.1. The number of hydrogen-bond donors (Lipinski definition) is 1. The van der Waals surface area contributed by atoms with Crippen molar-refractivity contribution in [3.63, 3.8) is 0 Å². The van der Waals surface area contributed by atoms with Crippen LogP contribution in [0.5, 0.6) is 0 Å². The molecule has 1 unspecified atom stereocenters. The van der Waals surface area contributed by atoms with Crippen molar-refractivity contribution in [3.8, 4) is 5.69 Å². The molecule has 0 amide bonds. The molecule has 8 heteroatoms. The fraction of sp³-hybridized carbons (Fsp3) is 0.250. The third kappa shape index (κ3) is 3.01. The minimum Gasteiger partial charge on any atom is -0.347 e. The molecular formula is C20H20FN7. The summed E-state index contributed by atoms with van der Waals surface area (Å²) >= 11 is 0. The van der Waals surface area contributed by atoms with Gasteiger partial charge in [0.1, 0.15) is 5.82 Å². The summed E-state index contributed by atoms with van der Waals surface area (Å²) in [5, 5.41) is 8.63. The Kier molecular flexibility index (Phi) is 4.05. The summed E-state index contributed by atoms with van der Waals surface area (Å²) < 4.78 is 17.6. The third-order valence-electron chi connectivity index (χ3n) is 5.22. The first-order chi connectivity index (χ1) is 13.7. The zero-order chi connectivity index (χ0) is 19.1. The van der Waals surface area contributed by atoms with E-state index in [2.05, 4.69) is 25.1 Å². The molecule has 1 N–H and O–H groups in total. The fourth-order valence-corrected chi connectivity index (χ4v) is 3.95. The monoisotopic (exact) mass is 377 g/mol. The molecule has 0 bridgehead atoms. The van der Waals surface area contributed by atoms with Crippen molar-refractivity contribution in [1.29, 1.82) is 0 Å². The van der Waals surface area contributed by atoms with Crippen LogP contribution in [0.3, 0.4) is 0 Å². The van der Waals surface area contributed by atoms with E-state index in [1.165, 1.54) is 6.07 Å². The third-order valence-corrected chi connectivity index (χ3v) is 5.22. The van der Waals surface area contributed by atoms with E-state index in [-0.39, 0.29) is 11.7 Å².